The third-order valence-electron chi connectivity index (χ3n) is 4.33. The predicted octanol–water partition coefficient (Wildman–Crippen LogP) is 2.63. The number of methoxy groups -OCH3 is 1. The number of rotatable bonds is 3. The van der Waals surface area contributed by atoms with Gasteiger partial charge in [-0.25, -0.2) is 0 Å². The van der Waals surface area contributed by atoms with Gasteiger partial charge in [-0.15, -0.1) is 0 Å². The fraction of sp³-hybridized carbons (Fsp3) is 0.467. The first kappa shape index (κ1) is 13.8. The Bertz CT molecular complexity index is 589. The zero-order valence-corrected chi connectivity index (χ0v) is 13.2. The summed E-state index contributed by atoms with van der Waals surface area (Å²) >= 11 is 3.89. The van der Waals surface area contributed by atoms with Crippen molar-refractivity contribution in [2.24, 2.45) is 4.99 Å². The van der Waals surface area contributed by atoms with Crippen LogP contribution in [-0.4, -0.2) is 42.8 Å². The predicted molar refractivity (Wildman–Crippen MR) is 81.8 cm³/mol. The Morgan fingerprint density at radius 1 is 1.50 bits per heavy atom. The maximum absolute atomic E-state index is 11.4. The van der Waals surface area contributed by atoms with Gasteiger partial charge in [0.1, 0.15) is 5.54 Å². The molecule has 1 saturated heterocycles. The highest BCUT2D eigenvalue weighted by molar-refractivity contribution is 9.10. The molecule has 1 aromatic rings. The molecule has 2 aliphatic heterocycles. The number of aliphatic imine (C=N–C) groups is 1. The molecule has 0 aliphatic carbocycles. The number of carbonyl (C=O) groups is 1. The largest absolute Gasteiger partial charge is 0.382 e. The van der Waals surface area contributed by atoms with Gasteiger partial charge in [-0.2, -0.15) is 0 Å². The highest BCUT2D eigenvalue weighted by Crippen LogP contribution is 2.52. The van der Waals surface area contributed by atoms with Crippen LogP contribution in [0.2, 0.25) is 0 Å². The summed E-state index contributed by atoms with van der Waals surface area (Å²) in [7, 11) is 1.65. The maximum atomic E-state index is 11.4. The minimum absolute atomic E-state index is 0.281. The normalized spacial score (nSPS) is 31.6. The van der Waals surface area contributed by atoms with E-state index in [-0.39, 0.29) is 4.32 Å². The molecule has 5 heteroatoms. The van der Waals surface area contributed by atoms with E-state index in [9.17, 15) is 4.79 Å². The maximum Gasteiger partial charge on any atom is 0.210 e. The smallest absolute Gasteiger partial charge is 0.210 e. The van der Waals surface area contributed by atoms with Crippen LogP contribution in [0.4, 0.5) is 5.69 Å². The molecular formula is C15H17BrN2O2. The molecule has 1 fully saturated rings. The summed E-state index contributed by atoms with van der Waals surface area (Å²) in [4.78, 5) is 18.0. The standard InChI is InChI=1S/C15H17BrN2O2/c1-14(9-20-2)13-15(16,7-8-18(14)10-19)11-5-3-4-6-12(11)17-13/h3-6,10H,7-9H2,1-2H3. The quantitative estimate of drug-likeness (QED) is 0.629. The molecule has 2 atom stereocenters. The number of amides is 1. The minimum atomic E-state index is -0.517. The highest BCUT2D eigenvalue weighted by atomic mass is 79.9. The van der Waals surface area contributed by atoms with Crippen molar-refractivity contribution in [3.05, 3.63) is 29.8 Å². The molecule has 0 bridgehead atoms. The lowest BCUT2D eigenvalue weighted by molar-refractivity contribution is -0.123. The van der Waals surface area contributed by atoms with E-state index in [0.717, 1.165) is 24.2 Å². The van der Waals surface area contributed by atoms with Crippen LogP contribution < -0.4 is 0 Å². The molecule has 2 unspecified atom stereocenters. The minimum Gasteiger partial charge on any atom is -0.382 e. The number of benzene rings is 1. The number of fused-ring (bicyclic) bond motifs is 3. The van der Waals surface area contributed by atoms with E-state index in [4.69, 9.17) is 9.73 Å². The van der Waals surface area contributed by atoms with Crippen LogP contribution in [0.1, 0.15) is 18.9 Å². The average Bonchev–Trinajstić information content (AvgIpc) is 2.75. The zero-order chi connectivity index (χ0) is 14.4. The van der Waals surface area contributed by atoms with Gasteiger partial charge >= 0.3 is 0 Å². The third-order valence-corrected chi connectivity index (χ3v) is 5.53. The highest BCUT2D eigenvalue weighted by Gasteiger charge is 2.55. The van der Waals surface area contributed by atoms with Crippen LogP contribution in [0.3, 0.4) is 0 Å². The molecule has 3 rings (SSSR count). The number of carbonyl (C=O) groups excluding carboxylic acids is 1. The Morgan fingerprint density at radius 3 is 2.95 bits per heavy atom. The van der Waals surface area contributed by atoms with Crippen molar-refractivity contribution in [3.8, 4) is 0 Å². The molecule has 0 aromatic heterocycles. The number of para-hydroxylation sites is 1. The summed E-state index contributed by atoms with van der Waals surface area (Å²) in [6, 6.07) is 8.13. The van der Waals surface area contributed by atoms with Crippen molar-refractivity contribution in [2.45, 2.75) is 23.2 Å². The number of halogens is 1. The van der Waals surface area contributed by atoms with Gasteiger partial charge < -0.3 is 9.64 Å². The second-order valence-electron chi connectivity index (χ2n) is 5.53. The second-order valence-corrected chi connectivity index (χ2v) is 6.89. The number of hydrogen-bond donors (Lipinski definition) is 0. The van der Waals surface area contributed by atoms with Crippen molar-refractivity contribution < 1.29 is 9.53 Å². The van der Waals surface area contributed by atoms with E-state index < -0.39 is 5.54 Å². The monoisotopic (exact) mass is 336 g/mol. The molecule has 0 radical (unpaired) electrons. The van der Waals surface area contributed by atoms with Crippen molar-refractivity contribution in [1.82, 2.24) is 4.90 Å². The fourth-order valence-electron chi connectivity index (χ4n) is 3.30. The van der Waals surface area contributed by atoms with Crippen molar-refractivity contribution in [1.29, 1.82) is 0 Å². The Morgan fingerprint density at radius 2 is 2.25 bits per heavy atom. The summed E-state index contributed by atoms with van der Waals surface area (Å²) in [6.45, 7) is 3.14. The zero-order valence-electron chi connectivity index (χ0n) is 11.6. The average molecular weight is 337 g/mol. The van der Waals surface area contributed by atoms with Crippen LogP contribution in [0, 0.1) is 0 Å². The Balaban J connectivity index is 2.15. The molecule has 4 nitrogen and oxygen atoms in total. The molecule has 20 heavy (non-hydrogen) atoms. The van der Waals surface area contributed by atoms with Crippen molar-refractivity contribution in [2.75, 3.05) is 20.3 Å². The SMILES string of the molecule is COCC1(C)C2=Nc3ccccc3C2(Br)CCN1C=O. The lowest BCUT2D eigenvalue weighted by atomic mass is 9.78. The first-order valence-electron chi connectivity index (χ1n) is 6.65. The number of nitrogens with zero attached hydrogens (tertiary/aromatic N) is 2. The van der Waals surface area contributed by atoms with E-state index in [2.05, 4.69) is 22.0 Å². The van der Waals surface area contributed by atoms with Gasteiger partial charge in [0.15, 0.2) is 0 Å². The number of alkyl halides is 1. The molecule has 106 valence electrons. The summed E-state index contributed by atoms with van der Waals surface area (Å²) in [5, 5.41) is 0. The fourth-order valence-corrected chi connectivity index (χ4v) is 4.33. The van der Waals surface area contributed by atoms with Gasteiger partial charge in [-0.1, -0.05) is 34.1 Å². The molecule has 0 N–H and O–H groups in total. The Labute approximate surface area is 127 Å². The molecule has 2 heterocycles. The van der Waals surface area contributed by atoms with E-state index in [1.54, 1.807) is 12.0 Å². The van der Waals surface area contributed by atoms with E-state index in [1.807, 2.05) is 25.1 Å². The van der Waals surface area contributed by atoms with Crippen LogP contribution in [-0.2, 0) is 13.9 Å². The summed E-state index contributed by atoms with van der Waals surface area (Å²) in [5.41, 5.74) is 2.61. The Kier molecular flexibility index (Phi) is 3.21. The first-order valence-corrected chi connectivity index (χ1v) is 7.44. The van der Waals surface area contributed by atoms with Crippen LogP contribution >= 0.6 is 15.9 Å². The van der Waals surface area contributed by atoms with Crippen LogP contribution in [0.25, 0.3) is 0 Å². The van der Waals surface area contributed by atoms with Gasteiger partial charge in [-0.3, -0.25) is 9.79 Å². The van der Waals surface area contributed by atoms with Gasteiger partial charge in [0.25, 0.3) is 0 Å². The van der Waals surface area contributed by atoms with Crippen LogP contribution in [0.5, 0.6) is 0 Å². The second kappa shape index (κ2) is 4.67. The van der Waals surface area contributed by atoms with Gasteiger partial charge in [-0.05, 0) is 19.4 Å². The van der Waals surface area contributed by atoms with Gasteiger partial charge in [0.05, 0.1) is 22.3 Å². The lowest BCUT2D eigenvalue weighted by Gasteiger charge is -2.48. The van der Waals surface area contributed by atoms with E-state index >= 15 is 0 Å². The number of hydrogen-bond acceptors (Lipinski definition) is 3. The summed E-state index contributed by atoms with van der Waals surface area (Å²) < 4.78 is 5.08. The van der Waals surface area contributed by atoms with E-state index in [0.29, 0.717) is 13.2 Å². The number of ether oxygens (including phenoxy) is 1. The first-order chi connectivity index (χ1) is 9.56. The number of likely N-dealkylation sites (tertiary alicyclic amines) is 1. The topological polar surface area (TPSA) is 41.9 Å². The molecular weight excluding hydrogens is 320 g/mol. The molecule has 0 saturated carbocycles. The Hall–Kier alpha value is -1.20. The summed E-state index contributed by atoms with van der Waals surface area (Å²) in [5.74, 6) is 0. The van der Waals surface area contributed by atoms with Gasteiger partial charge in [0.2, 0.25) is 6.41 Å². The number of piperidine rings is 1. The van der Waals surface area contributed by atoms with Gasteiger partial charge in [0, 0.05) is 19.2 Å². The van der Waals surface area contributed by atoms with Crippen molar-refractivity contribution >= 4 is 33.7 Å². The molecule has 1 aromatic carbocycles. The van der Waals surface area contributed by atoms with Crippen LogP contribution in [0.15, 0.2) is 29.3 Å². The molecule has 0 spiro atoms. The third kappa shape index (κ3) is 1.69. The summed E-state index contributed by atoms with van der Waals surface area (Å²) in [6.07, 6.45) is 1.72. The molecule has 1 amide bonds. The van der Waals surface area contributed by atoms with E-state index in [1.165, 1.54) is 5.56 Å². The lowest BCUT2D eigenvalue weighted by Crippen LogP contribution is -2.63. The van der Waals surface area contributed by atoms with Crippen molar-refractivity contribution in [3.63, 3.8) is 0 Å². The molecule has 2 aliphatic rings.